The number of anilines is 3. The molecule has 2 heterocycles. The molecule has 0 radical (unpaired) electrons. The molecule has 0 fully saturated rings. The van der Waals surface area contributed by atoms with Crippen molar-refractivity contribution in [3.63, 3.8) is 0 Å². The summed E-state index contributed by atoms with van der Waals surface area (Å²) in [6, 6.07) is 50.6. The molecule has 7 aromatic carbocycles. The first-order chi connectivity index (χ1) is 22.6. The van der Waals surface area contributed by atoms with Gasteiger partial charge in [-0.2, -0.15) is 0 Å². The first kappa shape index (κ1) is 25.9. The second-order valence-corrected chi connectivity index (χ2v) is 14.0. The minimum absolute atomic E-state index is 0.126. The standard InChI is InChI=1S/C43H29NOS/c1-43(2)35-18-10-8-17-33(35)40-41(43)32-16-7-6-15-31(32)39-34-23-21-27(24-36(34)45-42(39)40)44(26-12-4-3-5-13-26)28-20-22-30-29-14-9-11-19-37(29)46-38(30)25-28/h3-25H,1-2H3. The minimum Gasteiger partial charge on any atom is -0.455 e. The third-order valence-electron chi connectivity index (χ3n) is 10.0. The summed E-state index contributed by atoms with van der Waals surface area (Å²) < 4.78 is 9.60. The van der Waals surface area contributed by atoms with Gasteiger partial charge in [0.25, 0.3) is 0 Å². The Morgan fingerprint density at radius 1 is 0.543 bits per heavy atom. The summed E-state index contributed by atoms with van der Waals surface area (Å²) in [5, 5.41) is 7.51. The number of nitrogens with zero attached hydrogens (tertiary/aromatic N) is 1. The highest BCUT2D eigenvalue weighted by atomic mass is 32.1. The normalized spacial score (nSPS) is 13.6. The summed E-state index contributed by atoms with van der Waals surface area (Å²) in [7, 11) is 0. The predicted molar refractivity (Wildman–Crippen MR) is 196 cm³/mol. The second-order valence-electron chi connectivity index (χ2n) is 12.9. The maximum atomic E-state index is 7.00. The summed E-state index contributed by atoms with van der Waals surface area (Å²) in [5.74, 6) is 0. The van der Waals surface area contributed by atoms with Crippen LogP contribution in [0.5, 0.6) is 0 Å². The third kappa shape index (κ3) is 3.46. The van der Waals surface area contributed by atoms with Crippen molar-refractivity contribution in [3.8, 4) is 11.1 Å². The number of hydrogen-bond donors (Lipinski definition) is 0. The van der Waals surface area contributed by atoms with Gasteiger partial charge in [-0.3, -0.25) is 0 Å². The summed E-state index contributed by atoms with van der Waals surface area (Å²) in [5.41, 5.74) is 10.3. The summed E-state index contributed by atoms with van der Waals surface area (Å²) >= 11 is 1.85. The number of thiophene rings is 1. The van der Waals surface area contributed by atoms with E-state index in [1.54, 1.807) is 0 Å². The van der Waals surface area contributed by atoms with Gasteiger partial charge in [0.1, 0.15) is 11.2 Å². The maximum absolute atomic E-state index is 7.00. The monoisotopic (exact) mass is 607 g/mol. The topological polar surface area (TPSA) is 16.4 Å². The van der Waals surface area contributed by atoms with Crippen molar-refractivity contribution in [3.05, 3.63) is 151 Å². The van der Waals surface area contributed by atoms with Crippen molar-refractivity contribution in [1.82, 2.24) is 0 Å². The number of fused-ring (bicyclic) bond motifs is 13. The zero-order chi connectivity index (χ0) is 30.6. The molecule has 0 aliphatic heterocycles. The highest BCUT2D eigenvalue weighted by Crippen LogP contribution is 2.56. The van der Waals surface area contributed by atoms with E-state index in [4.69, 9.17) is 4.42 Å². The molecule has 0 unspecified atom stereocenters. The molecule has 2 aromatic heterocycles. The van der Waals surface area contributed by atoms with Crippen LogP contribution in [-0.2, 0) is 5.41 Å². The van der Waals surface area contributed by atoms with Gasteiger partial charge >= 0.3 is 0 Å². The molecule has 0 saturated carbocycles. The molecule has 10 rings (SSSR count). The van der Waals surface area contributed by atoms with Crippen LogP contribution in [-0.4, -0.2) is 0 Å². The largest absolute Gasteiger partial charge is 0.455 e. The fraction of sp³-hybridized carbons (Fsp3) is 0.0698. The number of rotatable bonds is 3. The molecule has 3 heteroatoms. The van der Waals surface area contributed by atoms with Crippen molar-refractivity contribution in [2.24, 2.45) is 0 Å². The van der Waals surface area contributed by atoms with E-state index in [2.05, 4.69) is 158 Å². The SMILES string of the molecule is CC1(C)c2ccccc2-c2c1c1ccccc1c1c2oc2cc(N(c3ccccc3)c3ccc4c(c3)sc3ccccc34)ccc21. The molecular weight excluding hydrogens is 579 g/mol. The Kier molecular flexibility index (Phi) is 5.25. The zero-order valence-electron chi connectivity index (χ0n) is 25.5. The fourth-order valence-electron chi connectivity index (χ4n) is 8.00. The van der Waals surface area contributed by atoms with E-state index >= 15 is 0 Å². The van der Waals surface area contributed by atoms with E-state index in [-0.39, 0.29) is 5.41 Å². The van der Waals surface area contributed by atoms with Crippen molar-refractivity contribution >= 4 is 81.3 Å². The van der Waals surface area contributed by atoms with Crippen LogP contribution < -0.4 is 4.90 Å². The van der Waals surface area contributed by atoms with Gasteiger partial charge in [-0.25, -0.2) is 0 Å². The fourth-order valence-corrected chi connectivity index (χ4v) is 9.14. The third-order valence-corrected chi connectivity index (χ3v) is 11.1. The Hall–Kier alpha value is -5.38. The van der Waals surface area contributed by atoms with E-state index in [9.17, 15) is 0 Å². The van der Waals surface area contributed by atoms with Crippen LogP contribution in [0.4, 0.5) is 17.1 Å². The van der Waals surface area contributed by atoms with Gasteiger partial charge in [0.05, 0.1) is 0 Å². The van der Waals surface area contributed by atoms with E-state index < -0.39 is 0 Å². The van der Waals surface area contributed by atoms with Crippen LogP contribution in [0.1, 0.15) is 25.0 Å². The van der Waals surface area contributed by atoms with Gasteiger partial charge in [-0.1, -0.05) is 105 Å². The number of benzene rings is 7. The maximum Gasteiger partial charge on any atom is 0.144 e. The summed E-state index contributed by atoms with van der Waals surface area (Å²) in [6.07, 6.45) is 0. The lowest BCUT2D eigenvalue weighted by molar-refractivity contribution is 0.658. The molecule has 46 heavy (non-hydrogen) atoms. The first-order valence-electron chi connectivity index (χ1n) is 15.9. The Balaban J connectivity index is 1.24. The quantitative estimate of drug-likeness (QED) is 0.199. The van der Waals surface area contributed by atoms with Crippen molar-refractivity contribution < 1.29 is 4.42 Å². The Morgan fingerprint density at radius 3 is 2.04 bits per heavy atom. The Labute approximate surface area is 270 Å². The lowest BCUT2D eigenvalue weighted by atomic mass is 9.79. The van der Waals surface area contributed by atoms with Gasteiger partial charge in [0.15, 0.2) is 0 Å². The van der Waals surface area contributed by atoms with Gasteiger partial charge in [0.2, 0.25) is 0 Å². The molecule has 0 atom stereocenters. The average molecular weight is 608 g/mol. The van der Waals surface area contributed by atoms with Crippen LogP contribution >= 0.6 is 11.3 Å². The van der Waals surface area contributed by atoms with Crippen molar-refractivity contribution in [2.75, 3.05) is 4.90 Å². The molecule has 218 valence electrons. The predicted octanol–water partition coefficient (Wildman–Crippen LogP) is 12.9. The van der Waals surface area contributed by atoms with Gasteiger partial charge in [-0.05, 0) is 69.9 Å². The number of hydrogen-bond acceptors (Lipinski definition) is 3. The lowest BCUT2D eigenvalue weighted by Gasteiger charge is -2.25. The molecule has 0 N–H and O–H groups in total. The highest BCUT2D eigenvalue weighted by Gasteiger charge is 2.39. The molecule has 1 aliphatic carbocycles. The van der Waals surface area contributed by atoms with Crippen LogP contribution in [0.15, 0.2) is 144 Å². The summed E-state index contributed by atoms with van der Waals surface area (Å²) in [6.45, 7) is 4.70. The van der Waals surface area contributed by atoms with Crippen molar-refractivity contribution in [2.45, 2.75) is 19.3 Å². The molecule has 0 saturated heterocycles. The van der Waals surface area contributed by atoms with E-state index in [1.165, 1.54) is 58.6 Å². The van der Waals surface area contributed by atoms with Gasteiger partial charge in [0, 0.05) is 65.1 Å². The lowest BCUT2D eigenvalue weighted by Crippen LogP contribution is -2.15. The number of furan rings is 1. The van der Waals surface area contributed by atoms with Crippen LogP contribution in [0, 0.1) is 0 Å². The van der Waals surface area contributed by atoms with E-state index in [1.807, 2.05) is 11.3 Å². The van der Waals surface area contributed by atoms with Crippen LogP contribution in [0.2, 0.25) is 0 Å². The highest BCUT2D eigenvalue weighted by molar-refractivity contribution is 7.25. The Bertz CT molecular complexity index is 2680. The molecule has 0 amide bonds. The first-order valence-corrected chi connectivity index (χ1v) is 16.7. The molecular formula is C43H29NOS. The molecule has 0 spiro atoms. The smallest absolute Gasteiger partial charge is 0.144 e. The van der Waals surface area contributed by atoms with E-state index in [0.717, 1.165) is 33.6 Å². The van der Waals surface area contributed by atoms with Gasteiger partial charge in [-0.15, -0.1) is 11.3 Å². The molecule has 0 bridgehead atoms. The summed E-state index contributed by atoms with van der Waals surface area (Å²) in [4.78, 5) is 2.34. The second kappa shape index (κ2) is 9.32. The molecule has 2 nitrogen and oxygen atoms in total. The van der Waals surface area contributed by atoms with Crippen molar-refractivity contribution in [1.29, 1.82) is 0 Å². The average Bonchev–Trinajstić information content (AvgIpc) is 3.73. The van der Waals surface area contributed by atoms with Gasteiger partial charge < -0.3 is 9.32 Å². The Morgan fingerprint density at radius 2 is 1.20 bits per heavy atom. The minimum atomic E-state index is -0.126. The number of para-hydroxylation sites is 1. The molecule has 1 aliphatic rings. The van der Waals surface area contributed by atoms with Crippen LogP contribution in [0.3, 0.4) is 0 Å². The van der Waals surface area contributed by atoms with Crippen LogP contribution in [0.25, 0.3) is 64.0 Å². The van der Waals surface area contributed by atoms with E-state index in [0.29, 0.717) is 0 Å². The molecule has 9 aromatic rings. The zero-order valence-corrected chi connectivity index (χ0v) is 26.4.